The number of carbonyl (C=O) groups excluding carboxylic acids is 3. The van der Waals surface area contributed by atoms with Gasteiger partial charge in [-0.25, -0.2) is 41.6 Å². The van der Waals surface area contributed by atoms with Gasteiger partial charge in [0.1, 0.15) is 29.4 Å². The minimum atomic E-state index is -4.33. The number of aromatic amines is 4. The van der Waals surface area contributed by atoms with Crippen molar-refractivity contribution in [1.29, 1.82) is 0 Å². The Morgan fingerprint density at radius 1 is 0.448 bits per heavy atom. The van der Waals surface area contributed by atoms with Crippen molar-refractivity contribution in [3.05, 3.63) is 216 Å². The third-order valence-electron chi connectivity index (χ3n) is 29.8. The number of anilines is 1. The number of para-hydroxylation sites is 1. The summed E-state index contributed by atoms with van der Waals surface area (Å²) in [5.74, 6) is -0.148. The zero-order valence-corrected chi connectivity index (χ0v) is 94.1. The number of benzene rings is 2. The molecule has 145 heavy (non-hydrogen) atoms. The Morgan fingerprint density at radius 2 is 0.869 bits per heavy atom. The minimum absolute atomic E-state index is 0. The SMILES string of the molecule is CC1(C)C(/C=C/C=C/C=C2/N(CCCCS(=O)(=O)[O-])c3ccc(OCCCCCC(=O)ON4C(=O)CCC4=O)cc3C2(C)C)=[N+](CCCCS(=O)(=O)[O-])c2ccccc21.CCC1=C(CC)c2nc1cc1[nH]c(cc3[nH]c(c(CC)c3CC)c(OC)c3nc(c2C)C(CC)=C3CC)c(CC)c1CC.CCC1=C(CC)c2nc1cc1[nH]c(cc3[nH]c(cc4nc(c2OC)C(CC)=C4CC)c(CC)c3CC)c(CC)c1CC.[Na+]. The Labute approximate surface area is 882 Å². The van der Waals surface area contributed by atoms with Crippen LogP contribution < -0.4 is 48.7 Å². The number of hydrogen-bond acceptors (Lipinski definition) is 18. The summed E-state index contributed by atoms with van der Waals surface area (Å²) < 4.78 is 88.4. The topological polar surface area (TPSA) is 327 Å². The summed E-state index contributed by atoms with van der Waals surface area (Å²) in [6, 6.07) is 25.5. The number of hydrogen-bond donors (Lipinski definition) is 4. The van der Waals surface area contributed by atoms with Gasteiger partial charge < -0.3 is 53.0 Å². The van der Waals surface area contributed by atoms with Crippen LogP contribution in [-0.4, -0.2) is 144 Å². The predicted octanol–water partition coefficient (Wildman–Crippen LogP) is 23.4. The van der Waals surface area contributed by atoms with Gasteiger partial charge >= 0.3 is 35.5 Å². The molecule has 0 aliphatic carbocycles. The van der Waals surface area contributed by atoms with Crippen LogP contribution in [0.3, 0.4) is 0 Å². The summed E-state index contributed by atoms with van der Waals surface area (Å²) in [4.78, 5) is 79.4. The van der Waals surface area contributed by atoms with Gasteiger partial charge in [0, 0.05) is 122 Å². The van der Waals surface area contributed by atoms with E-state index >= 15 is 0 Å². The number of nitrogens with one attached hydrogen (secondary N) is 4. The molecule has 0 unspecified atom stereocenters. The molecule has 0 saturated carbocycles. The van der Waals surface area contributed by atoms with Crippen molar-refractivity contribution in [3.63, 3.8) is 0 Å². The van der Waals surface area contributed by atoms with Gasteiger partial charge in [0.25, 0.3) is 11.8 Å². The maximum Gasteiger partial charge on any atom is 1.00 e. The molecule has 8 aromatic rings. The molecular weight excluding hydrogens is 1870 g/mol. The average molecular weight is 2020 g/mol. The molecule has 0 spiro atoms. The number of allylic oxidation sites excluding steroid dienone is 14. The molecule has 2 aromatic carbocycles. The Hall–Kier alpha value is -10.8. The number of methoxy groups -OCH3 is 2. The van der Waals surface area contributed by atoms with Gasteiger partial charge in [-0.3, -0.25) is 9.59 Å². The molecule has 16 bridgehead atoms. The van der Waals surface area contributed by atoms with Gasteiger partial charge in [0.15, 0.2) is 17.2 Å². The van der Waals surface area contributed by atoms with Crippen LogP contribution in [0.2, 0.25) is 0 Å². The van der Waals surface area contributed by atoms with Crippen LogP contribution >= 0.6 is 0 Å². The predicted molar refractivity (Wildman–Crippen MR) is 586 cm³/mol. The Bertz CT molecular complexity index is 7000. The summed E-state index contributed by atoms with van der Waals surface area (Å²) in [6.07, 6.45) is 28.5. The van der Waals surface area contributed by atoms with Crippen molar-refractivity contribution in [2.24, 2.45) is 0 Å². The number of amides is 2. The Kier molecular flexibility index (Phi) is 38.4. The zero-order valence-electron chi connectivity index (χ0n) is 90.5. The third-order valence-corrected chi connectivity index (χ3v) is 31.4. The number of aryl methyl sites for hydroxylation is 8. The fourth-order valence-electron chi connectivity index (χ4n) is 22.9. The number of hydroxylamine groups is 2. The number of H-pyrrole nitrogens is 4. The van der Waals surface area contributed by atoms with Gasteiger partial charge in [-0.2, -0.15) is 4.58 Å². The maximum absolute atomic E-state index is 12.1. The van der Waals surface area contributed by atoms with E-state index in [1.807, 2.05) is 60.7 Å². The number of unbranched alkanes of at least 4 members (excludes halogenated alkanes) is 4. The largest absolute Gasteiger partial charge is 1.00 e. The number of aromatic nitrogens is 8. The number of carbonyl (C=O) groups is 3. The molecule has 15 rings (SSSR count). The van der Waals surface area contributed by atoms with E-state index < -0.39 is 54.9 Å². The minimum Gasteiger partial charge on any atom is -0.748 e. The number of rotatable bonds is 39. The van der Waals surface area contributed by atoms with E-state index in [9.17, 15) is 40.3 Å². The van der Waals surface area contributed by atoms with E-state index in [-0.39, 0.29) is 67.1 Å². The molecule has 13 heterocycles. The number of ether oxygens (including phenoxy) is 3. The monoisotopic (exact) mass is 2020 g/mol. The number of nitrogens with zero attached hydrogens (tertiary/aromatic N) is 7. The van der Waals surface area contributed by atoms with Gasteiger partial charge in [-0.05, 0) is 311 Å². The van der Waals surface area contributed by atoms with Crippen molar-refractivity contribution >= 4 is 144 Å². The Morgan fingerprint density at radius 3 is 1.34 bits per heavy atom. The van der Waals surface area contributed by atoms with Gasteiger partial charge in [-0.1, -0.05) is 161 Å². The molecule has 2 amide bonds. The van der Waals surface area contributed by atoms with Crippen molar-refractivity contribution in [2.75, 3.05) is 50.3 Å². The van der Waals surface area contributed by atoms with Crippen LogP contribution in [-0.2, 0) is 102 Å². The third kappa shape index (κ3) is 23.7. The first-order valence-corrected chi connectivity index (χ1v) is 56.1. The van der Waals surface area contributed by atoms with Gasteiger partial charge in [-0.15, -0.1) is 5.06 Å². The average Bonchev–Trinajstić information content (AvgIpc) is 1.58. The smallest absolute Gasteiger partial charge is 0.748 e. The van der Waals surface area contributed by atoms with Crippen LogP contribution in [0.5, 0.6) is 17.2 Å². The first-order valence-electron chi connectivity index (χ1n) is 53.0. The Balaban J connectivity index is 0.000000197. The standard InChI is InChI=1S/C43H55N3O11S2.C38H50N4O.C37H48N4O.Na/c1-42(2)33-17-10-11-18-35(33)44(26-12-15-29-58(50,51)52)37(42)19-7-5-8-20-38-43(3,4)34-31-32(22-23-36(34)45(38)27-13-16-30-59(53,54)55)56-28-14-6-9-21-41(49)57-46-39(47)24-25-40(46)48;1-11-22-23(12-2)31-20-33-25(14-4)27(16-6)36(41-33)38(43-10)37-29(18-8)28(17-7)35(42-37)21(9)34-26(15-5)24(13-3)32(40-34)19-30(22)39-31;1-10-21-23(12-3)31-19-33-25(14-5)27(16-7)35(40-33)37(42-9)36-28(17-8)26(15-6)34(41-36)20-32-24(13-4)22(11-2)30(39-32)18-29(21)38-31;/h5,7-8,10-11,17-20,22-23,31H,6,9,12-16,21,24-30H2,1-4H3,(H-,50,51,52,53,54,55);19-20,39,41H,11-18H2,1-10H3;18-20,38-39H,10-17H2,1-9H3;/q;;;+1/p-1. The molecule has 7 aliphatic heterocycles. The van der Waals surface area contributed by atoms with Gasteiger partial charge in [0.05, 0.1) is 80.5 Å². The van der Waals surface area contributed by atoms with E-state index in [4.69, 9.17) is 39.0 Å². The zero-order chi connectivity index (χ0) is 104. The van der Waals surface area contributed by atoms with Crippen molar-refractivity contribution in [3.8, 4) is 17.2 Å². The molecule has 24 nitrogen and oxygen atoms in total. The van der Waals surface area contributed by atoms with Crippen molar-refractivity contribution in [2.45, 2.75) is 323 Å². The second-order valence-electron chi connectivity index (χ2n) is 38.9. The molecule has 1 saturated heterocycles. The normalized spacial score (nSPS) is 15.3. The molecule has 770 valence electrons. The fourth-order valence-corrected chi connectivity index (χ4v) is 24.0. The second kappa shape index (κ2) is 49.3. The second-order valence-corrected chi connectivity index (χ2v) is 42.0. The molecule has 7 aliphatic rings. The number of fused-ring (bicyclic) bond motifs is 18. The van der Waals surface area contributed by atoms with E-state index in [1.54, 1.807) is 14.2 Å². The molecule has 0 radical (unpaired) electrons. The van der Waals surface area contributed by atoms with Crippen LogP contribution in [0.4, 0.5) is 11.4 Å². The summed E-state index contributed by atoms with van der Waals surface area (Å²) in [7, 11) is -5.04. The maximum atomic E-state index is 12.1. The van der Waals surface area contributed by atoms with E-state index in [2.05, 4.69) is 217 Å². The molecule has 6 aromatic heterocycles. The van der Waals surface area contributed by atoms with E-state index in [0.717, 1.165) is 221 Å². The van der Waals surface area contributed by atoms with E-state index in [0.29, 0.717) is 62.6 Å². The van der Waals surface area contributed by atoms with Crippen LogP contribution in [0, 0.1) is 6.92 Å². The molecule has 4 N–H and O–H groups in total. The van der Waals surface area contributed by atoms with Crippen LogP contribution in [0.25, 0.3) is 88.7 Å². The first kappa shape index (κ1) is 113. The molecule has 0 atom stereocenters. The van der Waals surface area contributed by atoms with Crippen LogP contribution in [0.15, 0.2) is 109 Å². The number of imide groups is 1. The van der Waals surface area contributed by atoms with E-state index in [1.165, 1.54) is 111 Å². The summed E-state index contributed by atoms with van der Waals surface area (Å²) in [5.41, 5.74) is 45.4. The molecule has 27 heteroatoms. The van der Waals surface area contributed by atoms with Crippen molar-refractivity contribution < 1.29 is 93.5 Å². The summed E-state index contributed by atoms with van der Waals surface area (Å²) in [5, 5.41) is 0.556. The fraction of sp³-hybridized carbons (Fsp3) is 0.475. The molecular formula is C118H152N11NaO13S2. The summed E-state index contributed by atoms with van der Waals surface area (Å²) in [6.45, 7) is 48.2. The first-order chi connectivity index (χ1) is 69.1. The molecule has 1 fully saturated rings. The quantitative estimate of drug-likeness (QED) is 0.00694. The van der Waals surface area contributed by atoms with Crippen LogP contribution in [0.1, 0.15) is 361 Å². The summed E-state index contributed by atoms with van der Waals surface area (Å²) >= 11 is 0. The van der Waals surface area contributed by atoms with Gasteiger partial charge in [0.2, 0.25) is 5.69 Å². The van der Waals surface area contributed by atoms with Crippen molar-refractivity contribution in [1.82, 2.24) is 44.9 Å².